The summed E-state index contributed by atoms with van der Waals surface area (Å²) < 4.78 is 0. The zero-order valence-corrected chi connectivity index (χ0v) is 12.3. The number of nitrogens with one attached hydrogen (secondary N) is 2. The lowest BCUT2D eigenvalue weighted by Crippen LogP contribution is -2.47. The van der Waals surface area contributed by atoms with Gasteiger partial charge in [-0.15, -0.1) is 0 Å². The Morgan fingerprint density at radius 2 is 1.95 bits per heavy atom. The van der Waals surface area contributed by atoms with Crippen LogP contribution in [-0.4, -0.2) is 32.4 Å². The Morgan fingerprint density at radius 3 is 2.47 bits per heavy atom. The van der Waals surface area contributed by atoms with Crippen molar-refractivity contribution in [2.75, 3.05) is 5.32 Å². The van der Waals surface area contributed by atoms with Crippen molar-refractivity contribution >= 4 is 28.9 Å². The van der Waals surface area contributed by atoms with Gasteiger partial charge in [-0.1, -0.05) is 12.2 Å². The molecule has 104 valence electrons. The highest BCUT2D eigenvalue weighted by Gasteiger charge is 2.20. The maximum absolute atomic E-state index is 12.0. The first-order valence-corrected chi connectivity index (χ1v) is 6.31. The largest absolute Gasteiger partial charge is 0.388 e. The lowest BCUT2D eigenvalue weighted by molar-refractivity contribution is -0.122. The molecule has 6 nitrogen and oxygen atoms in total. The van der Waals surface area contributed by atoms with Crippen LogP contribution in [0.5, 0.6) is 0 Å². The molecular weight excluding hydrogens is 262 g/mol. The Morgan fingerprint density at radius 1 is 1.37 bits per heavy atom. The van der Waals surface area contributed by atoms with Gasteiger partial charge in [0.05, 0.1) is 0 Å². The van der Waals surface area contributed by atoms with E-state index in [1.807, 2.05) is 20.8 Å². The summed E-state index contributed by atoms with van der Waals surface area (Å²) in [5.74, 6) is 0.276. The van der Waals surface area contributed by atoms with E-state index in [2.05, 4.69) is 20.6 Å². The predicted octanol–water partition coefficient (Wildman–Crippen LogP) is 0.826. The van der Waals surface area contributed by atoms with Gasteiger partial charge in [0.15, 0.2) is 5.82 Å². The number of hydrogen-bond acceptors (Lipinski definition) is 5. The van der Waals surface area contributed by atoms with E-state index in [0.717, 1.165) is 0 Å². The quantitative estimate of drug-likeness (QED) is 0.708. The summed E-state index contributed by atoms with van der Waals surface area (Å²) in [6.45, 7) is 7.49. The molecule has 0 aliphatic carbocycles. The third-order valence-corrected chi connectivity index (χ3v) is 2.37. The highest BCUT2D eigenvalue weighted by Crippen LogP contribution is 2.10. The van der Waals surface area contributed by atoms with Crippen molar-refractivity contribution in [2.24, 2.45) is 5.73 Å². The molecule has 1 unspecified atom stereocenters. The molecule has 19 heavy (non-hydrogen) atoms. The molecule has 1 heterocycles. The molecule has 0 bridgehead atoms. The van der Waals surface area contributed by atoms with Gasteiger partial charge in [-0.3, -0.25) is 4.79 Å². The molecule has 1 aromatic rings. The fraction of sp³-hybridized carbons (Fsp3) is 0.500. The van der Waals surface area contributed by atoms with Crippen molar-refractivity contribution in [1.29, 1.82) is 0 Å². The van der Waals surface area contributed by atoms with Crippen LogP contribution in [-0.2, 0) is 4.79 Å². The molecule has 1 atom stereocenters. The third-order valence-electron chi connectivity index (χ3n) is 2.18. The molecule has 0 aromatic carbocycles. The Kier molecular flexibility index (Phi) is 4.77. The maximum Gasteiger partial charge on any atom is 0.242 e. The zero-order valence-electron chi connectivity index (χ0n) is 11.5. The molecule has 1 aromatic heterocycles. The number of nitrogens with zero attached hydrogens (tertiary/aromatic N) is 2. The maximum atomic E-state index is 12.0. The summed E-state index contributed by atoms with van der Waals surface area (Å²) in [6, 6.07) is -0.468. The van der Waals surface area contributed by atoms with Gasteiger partial charge < -0.3 is 16.4 Å². The molecule has 4 N–H and O–H groups in total. The Labute approximate surface area is 118 Å². The second-order valence-electron chi connectivity index (χ2n) is 5.22. The number of carbonyl (C=O) groups is 1. The molecule has 0 aliphatic heterocycles. The smallest absolute Gasteiger partial charge is 0.242 e. The van der Waals surface area contributed by atoms with Gasteiger partial charge in [0.1, 0.15) is 16.7 Å². The second kappa shape index (κ2) is 5.92. The Bertz CT molecular complexity index is 483. The van der Waals surface area contributed by atoms with Crippen LogP contribution in [0.15, 0.2) is 12.4 Å². The summed E-state index contributed by atoms with van der Waals surface area (Å²) in [7, 11) is 0. The normalized spacial score (nSPS) is 12.6. The van der Waals surface area contributed by atoms with Crippen LogP contribution >= 0.6 is 12.2 Å². The number of carbonyl (C=O) groups excluding carboxylic acids is 1. The van der Waals surface area contributed by atoms with Crippen molar-refractivity contribution < 1.29 is 4.79 Å². The lowest BCUT2D eigenvalue weighted by atomic mass is 10.1. The highest BCUT2D eigenvalue weighted by molar-refractivity contribution is 7.80. The predicted molar refractivity (Wildman–Crippen MR) is 78.9 cm³/mol. The molecule has 0 saturated heterocycles. The number of amides is 1. The van der Waals surface area contributed by atoms with Crippen LogP contribution in [0.1, 0.15) is 33.4 Å². The Balaban J connectivity index is 2.80. The van der Waals surface area contributed by atoms with Crippen LogP contribution in [0.3, 0.4) is 0 Å². The van der Waals surface area contributed by atoms with Gasteiger partial charge >= 0.3 is 0 Å². The fourth-order valence-electron chi connectivity index (χ4n) is 1.37. The van der Waals surface area contributed by atoms with E-state index >= 15 is 0 Å². The van der Waals surface area contributed by atoms with E-state index in [4.69, 9.17) is 18.0 Å². The summed E-state index contributed by atoms with van der Waals surface area (Å²) in [5.41, 5.74) is 5.65. The molecular formula is C12H19N5OS. The van der Waals surface area contributed by atoms with Crippen molar-refractivity contribution in [3.63, 3.8) is 0 Å². The monoisotopic (exact) mass is 281 g/mol. The number of nitrogens with two attached hydrogens (primary N) is 1. The van der Waals surface area contributed by atoms with Gasteiger partial charge in [0.2, 0.25) is 5.91 Å². The summed E-state index contributed by atoms with van der Waals surface area (Å²) >= 11 is 4.89. The van der Waals surface area contributed by atoms with Gasteiger partial charge in [0.25, 0.3) is 0 Å². The van der Waals surface area contributed by atoms with Crippen LogP contribution in [0.4, 0.5) is 5.82 Å². The average Bonchev–Trinajstić information content (AvgIpc) is 2.27. The number of thiocarbonyl (C=S) groups is 1. The number of anilines is 1. The lowest BCUT2D eigenvalue weighted by Gasteiger charge is -2.24. The van der Waals surface area contributed by atoms with E-state index in [9.17, 15) is 4.79 Å². The zero-order chi connectivity index (χ0) is 14.6. The van der Waals surface area contributed by atoms with E-state index < -0.39 is 6.04 Å². The molecule has 1 amide bonds. The SMILES string of the molecule is CC(Nc1nccnc1C(N)=S)C(=O)NC(C)(C)C. The van der Waals surface area contributed by atoms with Crippen molar-refractivity contribution in [2.45, 2.75) is 39.3 Å². The van der Waals surface area contributed by atoms with Crippen LogP contribution < -0.4 is 16.4 Å². The van der Waals surface area contributed by atoms with E-state index in [1.54, 1.807) is 6.92 Å². The van der Waals surface area contributed by atoms with E-state index in [0.29, 0.717) is 11.5 Å². The van der Waals surface area contributed by atoms with Gasteiger partial charge in [0, 0.05) is 17.9 Å². The minimum absolute atomic E-state index is 0.132. The second-order valence-corrected chi connectivity index (χ2v) is 5.66. The fourth-order valence-corrected chi connectivity index (χ4v) is 1.52. The molecule has 0 radical (unpaired) electrons. The van der Waals surface area contributed by atoms with Crippen molar-refractivity contribution in [3.05, 3.63) is 18.1 Å². The summed E-state index contributed by atoms with van der Waals surface area (Å²) in [5, 5.41) is 5.84. The third kappa shape index (κ3) is 4.78. The molecule has 0 saturated carbocycles. The highest BCUT2D eigenvalue weighted by atomic mass is 32.1. The van der Waals surface area contributed by atoms with Crippen LogP contribution in [0.25, 0.3) is 0 Å². The first-order chi connectivity index (χ1) is 8.70. The van der Waals surface area contributed by atoms with Gasteiger partial charge in [-0.2, -0.15) is 0 Å². The van der Waals surface area contributed by atoms with Gasteiger partial charge in [-0.25, -0.2) is 9.97 Å². The Hall–Kier alpha value is -1.76. The van der Waals surface area contributed by atoms with Gasteiger partial charge in [-0.05, 0) is 27.7 Å². The standard InChI is InChI=1S/C12H19N5OS/c1-7(11(18)17-12(2,3)4)16-10-8(9(13)19)14-5-6-15-10/h5-7H,1-4H3,(H2,13,19)(H,15,16)(H,17,18). The topological polar surface area (TPSA) is 92.9 Å². The van der Waals surface area contributed by atoms with E-state index in [1.165, 1.54) is 12.4 Å². The average molecular weight is 281 g/mol. The number of hydrogen-bond donors (Lipinski definition) is 3. The van der Waals surface area contributed by atoms with Crippen molar-refractivity contribution in [1.82, 2.24) is 15.3 Å². The first kappa shape index (κ1) is 15.3. The number of aromatic nitrogens is 2. The van der Waals surface area contributed by atoms with Crippen LogP contribution in [0, 0.1) is 0 Å². The summed E-state index contributed by atoms with van der Waals surface area (Å²) in [4.78, 5) is 20.2. The van der Waals surface area contributed by atoms with E-state index in [-0.39, 0.29) is 16.4 Å². The van der Waals surface area contributed by atoms with Crippen LogP contribution in [0.2, 0.25) is 0 Å². The summed E-state index contributed by atoms with van der Waals surface area (Å²) in [6.07, 6.45) is 3.01. The molecule has 7 heteroatoms. The van der Waals surface area contributed by atoms with Crippen molar-refractivity contribution in [3.8, 4) is 0 Å². The first-order valence-electron chi connectivity index (χ1n) is 5.90. The minimum Gasteiger partial charge on any atom is -0.388 e. The molecule has 0 spiro atoms. The minimum atomic E-state index is -0.468. The molecule has 0 aliphatic rings. The molecule has 0 fully saturated rings. The molecule has 1 rings (SSSR count). The number of rotatable bonds is 4.